The van der Waals surface area contributed by atoms with E-state index in [-0.39, 0.29) is 24.4 Å². The van der Waals surface area contributed by atoms with Crippen molar-refractivity contribution in [1.29, 1.82) is 0 Å². The molecule has 1 N–H and O–H groups in total. The fraction of sp³-hybridized carbons (Fsp3) is 0.600. The van der Waals surface area contributed by atoms with Gasteiger partial charge in [0.2, 0.25) is 5.91 Å². The molecule has 6 nitrogen and oxygen atoms in total. The number of benzene rings is 1. The molecular formula is C25H35ClN4O2S. The van der Waals surface area contributed by atoms with E-state index in [9.17, 15) is 9.59 Å². The molecule has 1 aliphatic carbocycles. The average molecular weight is 491 g/mol. The van der Waals surface area contributed by atoms with Gasteiger partial charge in [-0.25, -0.2) is 0 Å². The van der Waals surface area contributed by atoms with Crippen molar-refractivity contribution >= 4 is 41.3 Å². The van der Waals surface area contributed by atoms with E-state index in [2.05, 4.69) is 22.2 Å². The Morgan fingerprint density at radius 1 is 1.18 bits per heavy atom. The molecule has 0 radical (unpaired) electrons. The molecule has 2 amide bonds. The molecule has 2 saturated heterocycles. The zero-order valence-electron chi connectivity index (χ0n) is 19.5. The fourth-order valence-electron chi connectivity index (χ4n) is 4.91. The molecule has 180 valence electrons. The predicted molar refractivity (Wildman–Crippen MR) is 136 cm³/mol. The minimum absolute atomic E-state index is 0.0457. The Morgan fingerprint density at radius 3 is 2.73 bits per heavy atom. The maximum absolute atomic E-state index is 13.4. The third-order valence-corrected chi connectivity index (χ3v) is 8.64. The molecule has 2 unspecified atom stereocenters. The first-order chi connectivity index (χ1) is 16.0. The molecule has 1 aromatic carbocycles. The smallest absolute Gasteiger partial charge is 0.261 e. The summed E-state index contributed by atoms with van der Waals surface area (Å²) in [6, 6.07) is 7.71. The summed E-state index contributed by atoms with van der Waals surface area (Å²) in [4.78, 5) is 33.5. The monoisotopic (exact) mass is 490 g/mol. The van der Waals surface area contributed by atoms with Crippen molar-refractivity contribution in [2.45, 2.75) is 43.4 Å². The third-order valence-electron chi connectivity index (χ3n) is 6.89. The molecule has 0 spiro atoms. The number of hydrogen-bond acceptors (Lipinski definition) is 5. The van der Waals surface area contributed by atoms with Gasteiger partial charge >= 0.3 is 0 Å². The summed E-state index contributed by atoms with van der Waals surface area (Å²) in [6.07, 6.45) is 7.16. The van der Waals surface area contributed by atoms with Crippen LogP contribution >= 0.6 is 23.4 Å². The molecular weight excluding hydrogens is 456 g/mol. The standard InChI is InChI=1S/C25H35ClN4O2S/c1-28-13-15-29(16-14-28)12-6-11-27-24(31)18-30-21-9-4-5-10-22(21)33-23(25(30)32)17-19-7-2-3-8-20(19)26/h2-3,7-8,17,21-22H,4-6,9-16,18H2,1H3,(H,27,31)/b23-17+. The first kappa shape index (κ1) is 24.6. The summed E-state index contributed by atoms with van der Waals surface area (Å²) in [5, 5.41) is 4.03. The van der Waals surface area contributed by atoms with Crippen LogP contribution in [0.3, 0.4) is 0 Å². The van der Waals surface area contributed by atoms with Gasteiger partial charge in [-0.15, -0.1) is 11.8 Å². The highest BCUT2D eigenvalue weighted by molar-refractivity contribution is 8.04. The molecule has 3 aliphatic rings. The Bertz CT molecular complexity index is 872. The second-order valence-electron chi connectivity index (χ2n) is 9.32. The molecule has 4 rings (SSSR count). The van der Waals surface area contributed by atoms with E-state index in [1.54, 1.807) is 11.8 Å². The normalized spacial score (nSPS) is 25.8. The summed E-state index contributed by atoms with van der Waals surface area (Å²) in [5.74, 6) is -0.106. The zero-order chi connectivity index (χ0) is 23.2. The van der Waals surface area contributed by atoms with E-state index in [4.69, 9.17) is 11.6 Å². The van der Waals surface area contributed by atoms with Gasteiger partial charge in [-0.1, -0.05) is 42.6 Å². The number of fused-ring (bicyclic) bond motifs is 1. The molecule has 33 heavy (non-hydrogen) atoms. The Labute approximate surface area is 206 Å². The first-order valence-electron chi connectivity index (χ1n) is 12.1. The van der Waals surface area contributed by atoms with Gasteiger partial charge in [-0.2, -0.15) is 0 Å². The Kier molecular flexibility index (Phi) is 8.74. The van der Waals surface area contributed by atoms with Gasteiger partial charge in [0.1, 0.15) is 6.54 Å². The van der Waals surface area contributed by atoms with Gasteiger partial charge in [-0.3, -0.25) is 9.59 Å². The van der Waals surface area contributed by atoms with E-state index < -0.39 is 0 Å². The van der Waals surface area contributed by atoms with Gasteiger partial charge in [-0.05, 0) is 50.6 Å². The fourth-order valence-corrected chi connectivity index (χ4v) is 6.56. The Hall–Kier alpha value is -1.54. The summed E-state index contributed by atoms with van der Waals surface area (Å²) < 4.78 is 0. The van der Waals surface area contributed by atoms with Crippen LogP contribution in [0.2, 0.25) is 5.02 Å². The van der Waals surface area contributed by atoms with Crippen LogP contribution in [0.15, 0.2) is 29.2 Å². The topological polar surface area (TPSA) is 55.9 Å². The van der Waals surface area contributed by atoms with E-state index in [1.807, 2.05) is 35.2 Å². The SMILES string of the molecule is CN1CCN(CCCNC(=O)CN2C(=O)/C(=C\c3ccccc3Cl)SC3CCCCC32)CC1. The molecule has 8 heteroatoms. The highest BCUT2D eigenvalue weighted by Crippen LogP contribution is 2.42. The third kappa shape index (κ3) is 6.53. The lowest BCUT2D eigenvalue weighted by atomic mass is 9.93. The zero-order valence-corrected chi connectivity index (χ0v) is 21.0. The van der Waals surface area contributed by atoms with Crippen molar-refractivity contribution in [3.63, 3.8) is 0 Å². The summed E-state index contributed by atoms with van der Waals surface area (Å²) in [6.45, 7) is 6.18. The van der Waals surface area contributed by atoms with Gasteiger partial charge in [0, 0.05) is 49.0 Å². The number of carbonyl (C=O) groups excluding carboxylic acids is 2. The predicted octanol–water partition coefficient (Wildman–Crippen LogP) is 3.32. The minimum atomic E-state index is -0.0601. The number of amides is 2. The van der Waals surface area contributed by atoms with Crippen molar-refractivity contribution in [1.82, 2.24) is 20.0 Å². The van der Waals surface area contributed by atoms with Gasteiger partial charge in [0.05, 0.1) is 4.91 Å². The number of nitrogens with zero attached hydrogens (tertiary/aromatic N) is 3. The van der Waals surface area contributed by atoms with Crippen LogP contribution in [-0.4, -0.2) is 90.7 Å². The van der Waals surface area contributed by atoms with Crippen molar-refractivity contribution < 1.29 is 9.59 Å². The lowest BCUT2D eigenvalue weighted by molar-refractivity contribution is -0.135. The molecule has 0 bridgehead atoms. The maximum Gasteiger partial charge on any atom is 0.261 e. The number of thioether (sulfide) groups is 1. The molecule has 2 aliphatic heterocycles. The average Bonchev–Trinajstić information content (AvgIpc) is 2.82. The second-order valence-corrected chi connectivity index (χ2v) is 11.0. The summed E-state index contributed by atoms with van der Waals surface area (Å²) >= 11 is 8.00. The minimum Gasteiger partial charge on any atom is -0.355 e. The summed E-state index contributed by atoms with van der Waals surface area (Å²) in [7, 11) is 2.16. The largest absolute Gasteiger partial charge is 0.355 e. The second kappa shape index (κ2) is 11.7. The van der Waals surface area contributed by atoms with E-state index in [0.717, 1.165) is 64.0 Å². The van der Waals surface area contributed by atoms with Crippen LogP contribution in [0.25, 0.3) is 6.08 Å². The van der Waals surface area contributed by atoms with Crippen LogP contribution < -0.4 is 5.32 Å². The molecule has 2 heterocycles. The van der Waals surface area contributed by atoms with E-state index >= 15 is 0 Å². The van der Waals surface area contributed by atoms with Gasteiger partial charge < -0.3 is 20.0 Å². The van der Waals surface area contributed by atoms with Crippen molar-refractivity contribution in [2.24, 2.45) is 0 Å². The van der Waals surface area contributed by atoms with Crippen molar-refractivity contribution in [3.05, 3.63) is 39.8 Å². The quantitative estimate of drug-likeness (QED) is 0.469. The van der Waals surface area contributed by atoms with Crippen LogP contribution in [0.4, 0.5) is 0 Å². The number of halogens is 1. The van der Waals surface area contributed by atoms with E-state index in [0.29, 0.717) is 21.7 Å². The molecule has 0 aromatic heterocycles. The maximum atomic E-state index is 13.4. The van der Waals surface area contributed by atoms with Crippen LogP contribution in [0, 0.1) is 0 Å². The van der Waals surface area contributed by atoms with Crippen LogP contribution in [0.5, 0.6) is 0 Å². The number of hydrogen-bond donors (Lipinski definition) is 1. The Morgan fingerprint density at radius 2 is 1.94 bits per heavy atom. The molecule has 3 fully saturated rings. The van der Waals surface area contributed by atoms with Gasteiger partial charge in [0.15, 0.2) is 0 Å². The lowest BCUT2D eigenvalue weighted by Crippen LogP contribution is -2.54. The molecule has 1 saturated carbocycles. The van der Waals surface area contributed by atoms with Crippen LogP contribution in [0.1, 0.15) is 37.7 Å². The van der Waals surface area contributed by atoms with Crippen molar-refractivity contribution in [2.75, 3.05) is 52.9 Å². The van der Waals surface area contributed by atoms with Crippen LogP contribution in [-0.2, 0) is 9.59 Å². The number of piperazine rings is 1. The first-order valence-corrected chi connectivity index (χ1v) is 13.4. The lowest BCUT2D eigenvalue weighted by Gasteiger charge is -2.43. The molecule has 1 aromatic rings. The number of likely N-dealkylation sites (N-methyl/N-ethyl adjacent to an activating group) is 1. The number of carbonyl (C=O) groups is 2. The number of rotatable bonds is 7. The van der Waals surface area contributed by atoms with E-state index in [1.165, 1.54) is 6.42 Å². The van der Waals surface area contributed by atoms with Crippen molar-refractivity contribution in [3.8, 4) is 0 Å². The van der Waals surface area contributed by atoms with Gasteiger partial charge in [0.25, 0.3) is 5.91 Å². The Balaban J connectivity index is 1.34. The summed E-state index contributed by atoms with van der Waals surface area (Å²) in [5.41, 5.74) is 0.845. The highest BCUT2D eigenvalue weighted by atomic mass is 35.5. The molecule has 2 atom stereocenters. The highest BCUT2D eigenvalue weighted by Gasteiger charge is 2.41. The number of nitrogens with one attached hydrogen (secondary N) is 1.